The molecular formula is C15H11F3N2O. The van der Waals surface area contributed by atoms with E-state index in [-0.39, 0.29) is 12.1 Å². The Kier molecular flexibility index (Phi) is 3.08. The maximum Gasteiger partial charge on any atom is 0.416 e. The van der Waals surface area contributed by atoms with Gasteiger partial charge >= 0.3 is 11.9 Å². The zero-order valence-corrected chi connectivity index (χ0v) is 10.8. The molecule has 0 fully saturated rings. The second kappa shape index (κ2) is 4.80. The van der Waals surface area contributed by atoms with Crippen LogP contribution >= 0.6 is 0 Å². The summed E-state index contributed by atoms with van der Waals surface area (Å²) in [6.07, 6.45) is -4.44. The quantitative estimate of drug-likeness (QED) is 0.772. The Morgan fingerprint density at radius 3 is 2.43 bits per heavy atom. The lowest BCUT2D eigenvalue weighted by atomic mass is 10.1. The van der Waals surface area contributed by atoms with Crippen molar-refractivity contribution in [3.05, 3.63) is 70.1 Å². The number of fused-ring (bicyclic) bond motifs is 1. The summed E-state index contributed by atoms with van der Waals surface area (Å²) in [5.74, 6) is 0. The SMILES string of the molecule is O=c1[nH]c2ccccc2n1Cc1ccccc1C(F)(F)F. The fourth-order valence-corrected chi connectivity index (χ4v) is 2.37. The zero-order valence-electron chi connectivity index (χ0n) is 10.8. The van der Waals surface area contributed by atoms with Gasteiger partial charge in [0.05, 0.1) is 23.1 Å². The van der Waals surface area contributed by atoms with Crippen LogP contribution < -0.4 is 5.69 Å². The van der Waals surface area contributed by atoms with Crippen LogP contribution in [0.25, 0.3) is 11.0 Å². The number of H-pyrrole nitrogens is 1. The van der Waals surface area contributed by atoms with Crippen molar-refractivity contribution in [3.63, 3.8) is 0 Å². The highest BCUT2D eigenvalue weighted by molar-refractivity contribution is 5.75. The van der Waals surface area contributed by atoms with Gasteiger partial charge in [-0.3, -0.25) is 4.57 Å². The van der Waals surface area contributed by atoms with Crippen molar-refractivity contribution >= 4 is 11.0 Å². The van der Waals surface area contributed by atoms with Gasteiger partial charge in [-0.2, -0.15) is 13.2 Å². The van der Waals surface area contributed by atoms with Crippen LogP contribution in [0.4, 0.5) is 13.2 Å². The van der Waals surface area contributed by atoms with Gasteiger partial charge in [0.2, 0.25) is 0 Å². The van der Waals surface area contributed by atoms with Gasteiger partial charge < -0.3 is 4.98 Å². The lowest BCUT2D eigenvalue weighted by Gasteiger charge is -2.13. The van der Waals surface area contributed by atoms with Crippen molar-refractivity contribution < 1.29 is 13.2 Å². The third-order valence-electron chi connectivity index (χ3n) is 3.33. The van der Waals surface area contributed by atoms with E-state index in [0.29, 0.717) is 11.0 Å². The molecule has 1 heterocycles. The molecule has 0 amide bonds. The highest BCUT2D eigenvalue weighted by atomic mass is 19.4. The predicted octanol–water partition coefficient (Wildman–Crippen LogP) is 3.40. The Morgan fingerprint density at radius 2 is 1.67 bits per heavy atom. The number of imidazole rings is 1. The standard InChI is InChI=1S/C15H11F3N2O/c16-15(17,18)11-6-2-1-5-10(11)9-20-13-8-4-3-7-12(13)19-14(20)21/h1-8H,9H2,(H,19,21). The molecular weight excluding hydrogens is 281 g/mol. The minimum absolute atomic E-state index is 0.0665. The van der Waals surface area contributed by atoms with E-state index in [0.717, 1.165) is 6.07 Å². The molecule has 0 aliphatic heterocycles. The smallest absolute Gasteiger partial charge is 0.306 e. The Bertz CT molecular complexity index is 846. The van der Waals surface area contributed by atoms with E-state index in [2.05, 4.69) is 4.98 Å². The number of nitrogens with one attached hydrogen (secondary N) is 1. The topological polar surface area (TPSA) is 37.8 Å². The van der Waals surface area contributed by atoms with Crippen LogP contribution in [-0.4, -0.2) is 9.55 Å². The number of para-hydroxylation sites is 2. The molecule has 0 aliphatic carbocycles. The van der Waals surface area contributed by atoms with Crippen LogP contribution in [0.3, 0.4) is 0 Å². The molecule has 2 aromatic carbocycles. The first-order chi connectivity index (χ1) is 9.97. The zero-order chi connectivity index (χ0) is 15.0. The molecule has 0 spiro atoms. The number of hydrogen-bond donors (Lipinski definition) is 1. The van der Waals surface area contributed by atoms with Gasteiger partial charge in [0.25, 0.3) is 0 Å². The predicted molar refractivity (Wildman–Crippen MR) is 73.1 cm³/mol. The third kappa shape index (κ3) is 2.44. The number of alkyl halides is 3. The van der Waals surface area contributed by atoms with Crippen molar-refractivity contribution in [2.45, 2.75) is 12.7 Å². The average molecular weight is 292 g/mol. The minimum atomic E-state index is -4.44. The lowest BCUT2D eigenvalue weighted by molar-refractivity contribution is -0.138. The second-order valence-corrected chi connectivity index (χ2v) is 4.69. The molecule has 3 nitrogen and oxygen atoms in total. The summed E-state index contributed by atoms with van der Waals surface area (Å²) in [5.41, 5.74) is 0.110. The fraction of sp³-hybridized carbons (Fsp3) is 0.133. The number of benzene rings is 2. The van der Waals surface area contributed by atoms with Crippen LogP contribution in [-0.2, 0) is 12.7 Å². The molecule has 108 valence electrons. The highest BCUT2D eigenvalue weighted by Crippen LogP contribution is 2.32. The molecule has 3 rings (SSSR count). The normalized spacial score (nSPS) is 12.0. The number of aromatic amines is 1. The van der Waals surface area contributed by atoms with E-state index in [1.54, 1.807) is 24.3 Å². The maximum atomic E-state index is 13.0. The van der Waals surface area contributed by atoms with Gasteiger partial charge in [0.15, 0.2) is 0 Å². The summed E-state index contributed by atoms with van der Waals surface area (Å²) >= 11 is 0. The lowest BCUT2D eigenvalue weighted by Crippen LogP contribution is -2.19. The molecule has 0 aliphatic rings. The summed E-state index contributed by atoms with van der Waals surface area (Å²) in [7, 11) is 0. The van der Waals surface area contributed by atoms with Crippen LogP contribution in [0.1, 0.15) is 11.1 Å². The van der Waals surface area contributed by atoms with Crippen LogP contribution in [0.5, 0.6) is 0 Å². The van der Waals surface area contributed by atoms with Crippen LogP contribution in [0, 0.1) is 0 Å². The molecule has 3 aromatic rings. The molecule has 0 atom stereocenters. The molecule has 0 radical (unpaired) electrons. The van der Waals surface area contributed by atoms with Crippen molar-refractivity contribution in [2.24, 2.45) is 0 Å². The highest BCUT2D eigenvalue weighted by Gasteiger charge is 2.33. The second-order valence-electron chi connectivity index (χ2n) is 4.69. The maximum absolute atomic E-state index is 13.0. The van der Waals surface area contributed by atoms with Crippen molar-refractivity contribution in [3.8, 4) is 0 Å². The molecule has 0 bridgehead atoms. The van der Waals surface area contributed by atoms with Gasteiger partial charge in [-0.25, -0.2) is 4.79 Å². The third-order valence-corrected chi connectivity index (χ3v) is 3.33. The van der Waals surface area contributed by atoms with E-state index < -0.39 is 17.4 Å². The molecule has 21 heavy (non-hydrogen) atoms. The molecule has 0 saturated carbocycles. The molecule has 0 saturated heterocycles. The van der Waals surface area contributed by atoms with Crippen molar-refractivity contribution in [1.82, 2.24) is 9.55 Å². The Labute approximate surface area is 117 Å². The number of halogens is 3. The molecule has 1 N–H and O–H groups in total. The summed E-state index contributed by atoms with van der Waals surface area (Å²) in [4.78, 5) is 14.6. The van der Waals surface area contributed by atoms with Gasteiger partial charge in [0.1, 0.15) is 0 Å². The molecule has 1 aromatic heterocycles. The van der Waals surface area contributed by atoms with Gasteiger partial charge in [0, 0.05) is 0 Å². The van der Waals surface area contributed by atoms with Crippen LogP contribution in [0.15, 0.2) is 53.3 Å². The number of hydrogen-bond acceptors (Lipinski definition) is 1. The molecule has 0 unspecified atom stereocenters. The van der Waals surface area contributed by atoms with Gasteiger partial charge in [-0.1, -0.05) is 30.3 Å². The first kappa shape index (κ1) is 13.5. The monoisotopic (exact) mass is 292 g/mol. The Balaban J connectivity index is 2.12. The number of nitrogens with zero attached hydrogens (tertiary/aromatic N) is 1. The van der Waals surface area contributed by atoms with Gasteiger partial charge in [-0.05, 0) is 23.8 Å². The number of rotatable bonds is 2. The van der Waals surface area contributed by atoms with Crippen LogP contribution in [0.2, 0.25) is 0 Å². The van der Waals surface area contributed by atoms with Gasteiger partial charge in [-0.15, -0.1) is 0 Å². The van der Waals surface area contributed by atoms with E-state index in [1.165, 1.54) is 22.8 Å². The Morgan fingerprint density at radius 1 is 1.00 bits per heavy atom. The minimum Gasteiger partial charge on any atom is -0.306 e. The summed E-state index contributed by atoms with van der Waals surface area (Å²) in [6.45, 7) is -0.126. The first-order valence-electron chi connectivity index (χ1n) is 6.29. The van der Waals surface area contributed by atoms with Crippen molar-refractivity contribution in [1.29, 1.82) is 0 Å². The largest absolute Gasteiger partial charge is 0.416 e. The van der Waals surface area contributed by atoms with E-state index in [4.69, 9.17) is 0 Å². The average Bonchev–Trinajstić information content (AvgIpc) is 2.75. The van der Waals surface area contributed by atoms with E-state index in [9.17, 15) is 18.0 Å². The van der Waals surface area contributed by atoms with Crippen molar-refractivity contribution in [2.75, 3.05) is 0 Å². The van der Waals surface area contributed by atoms with E-state index >= 15 is 0 Å². The molecule has 6 heteroatoms. The Hall–Kier alpha value is -2.50. The number of aromatic nitrogens is 2. The summed E-state index contributed by atoms with van der Waals surface area (Å²) < 4.78 is 40.3. The summed E-state index contributed by atoms with van der Waals surface area (Å²) in [6, 6.07) is 12.2. The fourth-order valence-electron chi connectivity index (χ4n) is 2.37. The van der Waals surface area contributed by atoms with E-state index in [1.807, 2.05) is 0 Å². The summed E-state index contributed by atoms with van der Waals surface area (Å²) in [5, 5.41) is 0. The first-order valence-corrected chi connectivity index (χ1v) is 6.29.